The molecule has 0 N–H and O–H groups in total. The van der Waals surface area contributed by atoms with Crippen LogP contribution in [0.25, 0.3) is 0 Å². The van der Waals surface area contributed by atoms with Crippen molar-refractivity contribution in [2.75, 3.05) is 31.6 Å². The van der Waals surface area contributed by atoms with Crippen LogP contribution in [0.2, 0.25) is 0 Å². The fourth-order valence-electron chi connectivity index (χ4n) is 2.95. The van der Waals surface area contributed by atoms with E-state index >= 15 is 0 Å². The third-order valence-electron chi connectivity index (χ3n) is 4.53. The van der Waals surface area contributed by atoms with Crippen molar-refractivity contribution in [2.45, 2.75) is 25.9 Å². The first-order chi connectivity index (χ1) is 11.6. The van der Waals surface area contributed by atoms with E-state index in [4.69, 9.17) is 0 Å². The number of carbonyl (C=O) groups is 1. The quantitative estimate of drug-likeness (QED) is 0.611. The lowest BCUT2D eigenvalue weighted by molar-refractivity contribution is -0.384. The fourth-order valence-corrected chi connectivity index (χ4v) is 2.95. The second-order valence-electron chi connectivity index (χ2n) is 6.07. The molecule has 1 aliphatic heterocycles. The second kappa shape index (κ2) is 7.28. The molecule has 0 bridgehead atoms. The predicted molar refractivity (Wildman–Crippen MR) is 86.3 cm³/mol. The zero-order valence-corrected chi connectivity index (χ0v) is 14.0. The standard InChI is InChI=1S/C16H20F3N3O3/c1-3-20(2)15(23)11-6-8-21(9-7-11)13-5-4-12(16(17,18)19)10-14(13)22(24)25/h4-5,10-11H,3,6-9H2,1-2H3. The van der Waals surface area contributed by atoms with E-state index < -0.39 is 22.4 Å². The van der Waals surface area contributed by atoms with Crippen LogP contribution in [0, 0.1) is 16.0 Å². The minimum absolute atomic E-state index is 0.0315. The van der Waals surface area contributed by atoms with E-state index in [-0.39, 0.29) is 17.5 Å². The lowest BCUT2D eigenvalue weighted by Crippen LogP contribution is -2.41. The molecule has 1 saturated heterocycles. The lowest BCUT2D eigenvalue weighted by atomic mass is 9.94. The Morgan fingerprint density at radius 3 is 2.44 bits per heavy atom. The highest BCUT2D eigenvalue weighted by atomic mass is 19.4. The van der Waals surface area contributed by atoms with Gasteiger partial charge in [-0.05, 0) is 31.9 Å². The van der Waals surface area contributed by atoms with Crippen LogP contribution in [-0.2, 0) is 11.0 Å². The zero-order valence-electron chi connectivity index (χ0n) is 14.0. The average molecular weight is 359 g/mol. The molecular weight excluding hydrogens is 339 g/mol. The summed E-state index contributed by atoms with van der Waals surface area (Å²) in [5.41, 5.74) is -1.45. The summed E-state index contributed by atoms with van der Waals surface area (Å²) in [5.74, 6) is -0.126. The Morgan fingerprint density at radius 2 is 1.96 bits per heavy atom. The van der Waals surface area contributed by atoms with Crippen molar-refractivity contribution in [3.05, 3.63) is 33.9 Å². The molecule has 0 unspecified atom stereocenters. The van der Waals surface area contributed by atoms with E-state index in [0.29, 0.717) is 38.5 Å². The van der Waals surface area contributed by atoms with E-state index in [1.54, 1.807) is 16.8 Å². The molecule has 1 fully saturated rings. The summed E-state index contributed by atoms with van der Waals surface area (Å²) < 4.78 is 38.3. The monoisotopic (exact) mass is 359 g/mol. The predicted octanol–water partition coefficient (Wildman–Crippen LogP) is 3.31. The first kappa shape index (κ1) is 19.0. The smallest absolute Gasteiger partial charge is 0.366 e. The number of alkyl halides is 3. The van der Waals surface area contributed by atoms with Gasteiger partial charge in [0, 0.05) is 38.7 Å². The van der Waals surface area contributed by atoms with Gasteiger partial charge in [-0.2, -0.15) is 13.2 Å². The third-order valence-corrected chi connectivity index (χ3v) is 4.53. The van der Waals surface area contributed by atoms with E-state index in [1.165, 1.54) is 0 Å². The number of nitro groups is 1. The number of nitro benzene ring substituents is 1. The van der Waals surface area contributed by atoms with Gasteiger partial charge < -0.3 is 9.80 Å². The molecule has 0 radical (unpaired) electrons. The topological polar surface area (TPSA) is 66.7 Å². The van der Waals surface area contributed by atoms with Gasteiger partial charge in [0.05, 0.1) is 10.5 Å². The van der Waals surface area contributed by atoms with Crippen molar-refractivity contribution >= 4 is 17.3 Å². The van der Waals surface area contributed by atoms with Crippen LogP contribution in [0.15, 0.2) is 18.2 Å². The third kappa shape index (κ3) is 4.21. The molecule has 0 atom stereocenters. The summed E-state index contributed by atoms with van der Waals surface area (Å²) in [6, 6.07) is 2.56. The molecule has 25 heavy (non-hydrogen) atoms. The molecule has 0 saturated carbocycles. The summed E-state index contributed by atoms with van der Waals surface area (Å²) in [5, 5.41) is 11.2. The van der Waals surface area contributed by atoms with Gasteiger partial charge in [-0.1, -0.05) is 0 Å². The average Bonchev–Trinajstić information content (AvgIpc) is 2.59. The van der Waals surface area contributed by atoms with Gasteiger partial charge in [0.1, 0.15) is 5.69 Å². The summed E-state index contributed by atoms with van der Waals surface area (Å²) in [6.45, 7) is 3.25. The number of anilines is 1. The molecule has 1 aromatic carbocycles. The van der Waals surface area contributed by atoms with Gasteiger partial charge in [-0.15, -0.1) is 0 Å². The van der Waals surface area contributed by atoms with Crippen LogP contribution in [0.5, 0.6) is 0 Å². The molecular formula is C16H20F3N3O3. The second-order valence-corrected chi connectivity index (χ2v) is 6.07. The molecule has 1 aromatic rings. The van der Waals surface area contributed by atoms with E-state index in [0.717, 1.165) is 12.1 Å². The Labute approximate surface area is 143 Å². The van der Waals surface area contributed by atoms with E-state index in [1.807, 2.05) is 6.92 Å². The van der Waals surface area contributed by atoms with Crippen molar-refractivity contribution in [3.63, 3.8) is 0 Å². The summed E-state index contributed by atoms with van der Waals surface area (Å²) in [6.07, 6.45) is -3.60. The van der Waals surface area contributed by atoms with Crippen molar-refractivity contribution in [1.29, 1.82) is 0 Å². The number of piperidine rings is 1. The normalized spacial score (nSPS) is 16.0. The Hall–Kier alpha value is -2.32. The van der Waals surface area contributed by atoms with E-state index in [9.17, 15) is 28.1 Å². The lowest BCUT2D eigenvalue weighted by Gasteiger charge is -2.34. The van der Waals surface area contributed by atoms with Crippen LogP contribution in [-0.4, -0.2) is 42.4 Å². The summed E-state index contributed by atoms with van der Waals surface area (Å²) >= 11 is 0. The maximum atomic E-state index is 12.8. The van der Waals surface area contributed by atoms with Crippen LogP contribution in [0.3, 0.4) is 0 Å². The Bertz CT molecular complexity index is 656. The van der Waals surface area contributed by atoms with Crippen molar-refractivity contribution in [1.82, 2.24) is 4.90 Å². The van der Waals surface area contributed by atoms with Gasteiger partial charge in [-0.3, -0.25) is 14.9 Å². The number of hydrogen-bond acceptors (Lipinski definition) is 4. The Balaban J connectivity index is 2.18. The van der Waals surface area contributed by atoms with Crippen LogP contribution in [0.4, 0.5) is 24.5 Å². The maximum Gasteiger partial charge on any atom is 0.416 e. The van der Waals surface area contributed by atoms with Crippen molar-refractivity contribution < 1.29 is 22.9 Å². The molecule has 0 aromatic heterocycles. The minimum atomic E-state index is -4.63. The first-order valence-electron chi connectivity index (χ1n) is 8.00. The van der Waals surface area contributed by atoms with Crippen LogP contribution in [0.1, 0.15) is 25.3 Å². The van der Waals surface area contributed by atoms with Gasteiger partial charge in [0.15, 0.2) is 0 Å². The minimum Gasteiger partial charge on any atom is -0.366 e. The zero-order chi connectivity index (χ0) is 18.8. The molecule has 1 heterocycles. The molecule has 2 rings (SSSR count). The van der Waals surface area contributed by atoms with Gasteiger partial charge in [-0.25, -0.2) is 0 Å². The number of carbonyl (C=O) groups excluding carboxylic acids is 1. The van der Waals surface area contributed by atoms with E-state index in [2.05, 4.69) is 0 Å². The van der Waals surface area contributed by atoms with Gasteiger partial charge in [0.25, 0.3) is 5.69 Å². The maximum absolute atomic E-state index is 12.8. The molecule has 6 nitrogen and oxygen atoms in total. The number of amides is 1. The number of rotatable bonds is 4. The molecule has 0 spiro atoms. The SMILES string of the molecule is CCN(C)C(=O)C1CCN(c2ccc(C(F)(F)F)cc2[N+](=O)[O-])CC1. The molecule has 9 heteroatoms. The summed E-state index contributed by atoms with van der Waals surface area (Å²) in [4.78, 5) is 25.9. The Kier molecular flexibility index (Phi) is 5.54. The molecule has 1 aliphatic rings. The fraction of sp³-hybridized carbons (Fsp3) is 0.562. The number of hydrogen-bond donors (Lipinski definition) is 0. The van der Waals surface area contributed by atoms with Crippen molar-refractivity contribution in [3.8, 4) is 0 Å². The highest BCUT2D eigenvalue weighted by Crippen LogP contribution is 2.37. The molecule has 138 valence electrons. The number of nitrogens with zero attached hydrogens (tertiary/aromatic N) is 3. The molecule has 1 amide bonds. The number of benzene rings is 1. The van der Waals surface area contributed by atoms with Crippen LogP contribution >= 0.6 is 0 Å². The first-order valence-corrected chi connectivity index (χ1v) is 8.00. The van der Waals surface area contributed by atoms with Gasteiger partial charge in [0.2, 0.25) is 5.91 Å². The largest absolute Gasteiger partial charge is 0.416 e. The van der Waals surface area contributed by atoms with Gasteiger partial charge >= 0.3 is 6.18 Å². The number of halogens is 3. The van der Waals surface area contributed by atoms with Crippen molar-refractivity contribution in [2.24, 2.45) is 5.92 Å². The van der Waals surface area contributed by atoms with Crippen LogP contribution < -0.4 is 4.90 Å². The summed E-state index contributed by atoms with van der Waals surface area (Å²) in [7, 11) is 1.72. The highest BCUT2D eigenvalue weighted by Gasteiger charge is 2.35. The molecule has 0 aliphatic carbocycles. The highest BCUT2D eigenvalue weighted by molar-refractivity contribution is 5.79. The Morgan fingerprint density at radius 1 is 1.36 bits per heavy atom.